The Hall–Kier alpha value is -4.46. The van der Waals surface area contributed by atoms with E-state index >= 15 is 0 Å². The van der Waals surface area contributed by atoms with E-state index in [0.717, 1.165) is 5.01 Å². The first-order valence-corrected chi connectivity index (χ1v) is 9.74. The number of nitrogens with one attached hydrogen (secondary N) is 1. The molecule has 4 rings (SSSR count). The van der Waals surface area contributed by atoms with E-state index in [4.69, 9.17) is 9.47 Å². The summed E-state index contributed by atoms with van der Waals surface area (Å²) in [5.41, 5.74) is 4.58. The van der Waals surface area contributed by atoms with Crippen LogP contribution >= 0.6 is 0 Å². The van der Waals surface area contributed by atoms with E-state index in [9.17, 15) is 9.59 Å². The molecule has 2 heterocycles. The van der Waals surface area contributed by atoms with Crippen LogP contribution in [0.5, 0.6) is 11.5 Å². The maximum absolute atomic E-state index is 13.2. The monoisotopic (exact) mass is 428 g/mol. The van der Waals surface area contributed by atoms with E-state index in [1.165, 1.54) is 19.5 Å². The number of ether oxygens (including phenoxy) is 2. The first-order valence-electron chi connectivity index (χ1n) is 9.74. The van der Waals surface area contributed by atoms with Crippen molar-refractivity contribution >= 4 is 23.7 Å². The highest BCUT2D eigenvalue weighted by molar-refractivity contribution is 6.20. The molecule has 0 saturated heterocycles. The average Bonchev–Trinajstić information content (AvgIpc) is 3.15. The molecule has 0 bridgehead atoms. The van der Waals surface area contributed by atoms with Crippen LogP contribution in [0.1, 0.15) is 21.5 Å². The van der Waals surface area contributed by atoms with E-state index in [1.807, 2.05) is 30.3 Å². The molecule has 2 aromatic carbocycles. The maximum Gasteiger partial charge on any atom is 0.297 e. The fourth-order valence-corrected chi connectivity index (χ4v) is 3.17. The number of hydrogen-bond acceptors (Lipinski definition) is 6. The van der Waals surface area contributed by atoms with Crippen LogP contribution in [0.15, 0.2) is 83.7 Å². The zero-order valence-electron chi connectivity index (χ0n) is 17.5. The lowest BCUT2D eigenvalue weighted by molar-refractivity contribution is -0.124. The standard InChI is InChI=1S/C24H20N4O4/c1-31-20-9-8-16(15-21(20)32-2)14-19-24(30)28(22(26-19)17-6-4-3-5-7-17)27-23(29)18-10-12-25-13-11-18/h3-15H,1-2H3,(H,27,29)/b19-14+. The van der Waals surface area contributed by atoms with Crippen LogP contribution in [0.25, 0.3) is 6.08 Å². The van der Waals surface area contributed by atoms with Gasteiger partial charge in [-0.2, -0.15) is 5.01 Å². The third-order valence-corrected chi connectivity index (χ3v) is 4.76. The number of nitrogens with zero attached hydrogens (tertiary/aromatic N) is 3. The van der Waals surface area contributed by atoms with E-state index in [2.05, 4.69) is 15.4 Å². The molecule has 8 nitrogen and oxygen atoms in total. The highest BCUT2D eigenvalue weighted by atomic mass is 16.5. The Labute approximate surface area is 184 Å². The fourth-order valence-electron chi connectivity index (χ4n) is 3.17. The van der Waals surface area contributed by atoms with Gasteiger partial charge in [0.05, 0.1) is 14.2 Å². The van der Waals surface area contributed by atoms with Crippen LogP contribution in [-0.2, 0) is 4.79 Å². The molecule has 0 saturated carbocycles. The van der Waals surface area contributed by atoms with Crippen LogP contribution in [-0.4, -0.2) is 41.9 Å². The number of hydrazine groups is 1. The molecule has 1 N–H and O–H groups in total. The van der Waals surface area contributed by atoms with Gasteiger partial charge in [-0.25, -0.2) is 4.99 Å². The number of amidine groups is 1. The van der Waals surface area contributed by atoms with Gasteiger partial charge in [-0.15, -0.1) is 0 Å². The van der Waals surface area contributed by atoms with Gasteiger partial charge in [-0.1, -0.05) is 36.4 Å². The molecule has 0 unspecified atom stereocenters. The number of amides is 2. The van der Waals surface area contributed by atoms with Crippen LogP contribution < -0.4 is 14.9 Å². The van der Waals surface area contributed by atoms with Crippen molar-refractivity contribution in [2.24, 2.45) is 4.99 Å². The lowest BCUT2D eigenvalue weighted by atomic mass is 10.1. The third kappa shape index (κ3) is 4.20. The third-order valence-electron chi connectivity index (χ3n) is 4.76. The summed E-state index contributed by atoms with van der Waals surface area (Å²) in [6.07, 6.45) is 4.65. The average molecular weight is 428 g/mol. The van der Waals surface area contributed by atoms with Gasteiger partial charge >= 0.3 is 0 Å². The number of hydrogen-bond donors (Lipinski definition) is 1. The van der Waals surface area contributed by atoms with Gasteiger partial charge in [-0.05, 0) is 35.9 Å². The predicted octanol–water partition coefficient (Wildman–Crippen LogP) is 3.07. The van der Waals surface area contributed by atoms with Gasteiger partial charge in [0, 0.05) is 23.5 Å². The second kappa shape index (κ2) is 9.13. The van der Waals surface area contributed by atoms with Crippen molar-refractivity contribution in [1.82, 2.24) is 15.4 Å². The minimum absolute atomic E-state index is 0.172. The fraction of sp³-hybridized carbons (Fsp3) is 0.0833. The number of pyridine rings is 1. The Bertz CT molecular complexity index is 1210. The number of carbonyl (C=O) groups excluding carboxylic acids is 2. The zero-order valence-corrected chi connectivity index (χ0v) is 17.5. The molecule has 0 radical (unpaired) electrons. The zero-order chi connectivity index (χ0) is 22.5. The predicted molar refractivity (Wildman–Crippen MR) is 119 cm³/mol. The molecule has 1 aliphatic heterocycles. The Kier molecular flexibility index (Phi) is 5.94. The molecule has 1 aliphatic rings. The summed E-state index contributed by atoms with van der Waals surface area (Å²) in [4.78, 5) is 34.3. The van der Waals surface area contributed by atoms with Crippen molar-refractivity contribution in [3.8, 4) is 11.5 Å². The molecule has 1 aromatic heterocycles. The second-order valence-corrected chi connectivity index (χ2v) is 6.76. The molecular weight excluding hydrogens is 408 g/mol. The molecule has 0 spiro atoms. The van der Waals surface area contributed by atoms with Crippen LogP contribution in [0.2, 0.25) is 0 Å². The number of methoxy groups -OCH3 is 2. The summed E-state index contributed by atoms with van der Waals surface area (Å²) in [5.74, 6) is 0.525. The first-order chi connectivity index (χ1) is 15.6. The molecule has 8 heteroatoms. The van der Waals surface area contributed by atoms with Gasteiger partial charge < -0.3 is 9.47 Å². The van der Waals surface area contributed by atoms with Crippen molar-refractivity contribution in [3.63, 3.8) is 0 Å². The lowest BCUT2D eigenvalue weighted by Gasteiger charge is -2.19. The summed E-state index contributed by atoms with van der Waals surface area (Å²) < 4.78 is 10.6. The Balaban J connectivity index is 1.70. The van der Waals surface area contributed by atoms with Gasteiger partial charge in [0.2, 0.25) is 0 Å². The van der Waals surface area contributed by atoms with Crippen LogP contribution in [0.3, 0.4) is 0 Å². The van der Waals surface area contributed by atoms with E-state index in [1.54, 1.807) is 43.5 Å². The molecule has 160 valence electrons. The maximum atomic E-state index is 13.2. The van der Waals surface area contributed by atoms with E-state index < -0.39 is 11.8 Å². The molecule has 0 atom stereocenters. The number of benzene rings is 2. The summed E-state index contributed by atoms with van der Waals surface area (Å²) in [5, 5.41) is 1.16. The van der Waals surface area contributed by atoms with Crippen molar-refractivity contribution < 1.29 is 19.1 Å². The molecule has 3 aromatic rings. The quantitative estimate of drug-likeness (QED) is 0.609. The number of aliphatic imine (C=N–C) groups is 1. The Morgan fingerprint density at radius 3 is 2.38 bits per heavy atom. The van der Waals surface area contributed by atoms with Crippen molar-refractivity contribution in [1.29, 1.82) is 0 Å². The first kappa shape index (κ1) is 20.8. The molecule has 0 fully saturated rings. The normalized spacial score (nSPS) is 14.3. The van der Waals surface area contributed by atoms with Crippen LogP contribution in [0, 0.1) is 0 Å². The minimum atomic E-state index is -0.457. The summed E-state index contributed by atoms with van der Waals surface area (Å²) in [6, 6.07) is 17.6. The number of aromatic nitrogens is 1. The van der Waals surface area contributed by atoms with Gasteiger partial charge in [0.1, 0.15) is 5.70 Å². The second-order valence-electron chi connectivity index (χ2n) is 6.76. The van der Waals surface area contributed by atoms with Crippen LogP contribution in [0.4, 0.5) is 0 Å². The van der Waals surface area contributed by atoms with Gasteiger partial charge in [0.25, 0.3) is 11.8 Å². The topological polar surface area (TPSA) is 93.1 Å². The molecule has 0 aliphatic carbocycles. The lowest BCUT2D eigenvalue weighted by Crippen LogP contribution is -2.47. The van der Waals surface area contributed by atoms with E-state index in [-0.39, 0.29) is 5.70 Å². The smallest absolute Gasteiger partial charge is 0.297 e. The summed E-state index contributed by atoms with van der Waals surface area (Å²) in [6.45, 7) is 0. The SMILES string of the molecule is COc1ccc(/C=C2/N=C(c3ccccc3)N(NC(=O)c3ccncc3)C2=O)cc1OC. The van der Waals surface area contributed by atoms with Crippen molar-refractivity contribution in [2.75, 3.05) is 14.2 Å². The summed E-state index contributed by atoms with van der Waals surface area (Å²) in [7, 11) is 3.09. The minimum Gasteiger partial charge on any atom is -0.493 e. The highest BCUT2D eigenvalue weighted by Crippen LogP contribution is 2.29. The Morgan fingerprint density at radius 1 is 0.969 bits per heavy atom. The summed E-state index contributed by atoms with van der Waals surface area (Å²) >= 11 is 0. The van der Waals surface area contributed by atoms with Gasteiger partial charge in [-0.3, -0.25) is 20.0 Å². The molecule has 32 heavy (non-hydrogen) atoms. The van der Waals surface area contributed by atoms with Gasteiger partial charge in [0.15, 0.2) is 17.3 Å². The largest absolute Gasteiger partial charge is 0.493 e. The molecule has 2 amide bonds. The number of carbonyl (C=O) groups is 2. The van der Waals surface area contributed by atoms with Crippen molar-refractivity contribution in [3.05, 3.63) is 95.4 Å². The number of rotatable bonds is 6. The van der Waals surface area contributed by atoms with Crippen molar-refractivity contribution in [2.45, 2.75) is 0 Å². The highest BCUT2D eigenvalue weighted by Gasteiger charge is 2.33. The Morgan fingerprint density at radius 2 is 1.69 bits per heavy atom. The van der Waals surface area contributed by atoms with E-state index in [0.29, 0.717) is 34.0 Å². The molecular formula is C24H20N4O4.